The molecule has 1 rings (SSSR count). The Morgan fingerprint density at radius 2 is 1.91 bits per heavy atom. The zero-order valence-corrected chi connectivity index (χ0v) is 12.1. The van der Waals surface area contributed by atoms with Crippen molar-refractivity contribution in [1.29, 1.82) is 0 Å². The molecule has 0 saturated carbocycles. The van der Waals surface area contributed by atoms with Crippen LogP contribution in [-0.4, -0.2) is 48.2 Å². The zero-order chi connectivity index (χ0) is 16.7. The van der Waals surface area contributed by atoms with E-state index in [1.807, 2.05) is 0 Å². The van der Waals surface area contributed by atoms with Crippen LogP contribution >= 0.6 is 0 Å². The van der Waals surface area contributed by atoms with Crippen LogP contribution in [0, 0.1) is 0 Å². The number of aliphatic hydroxyl groups excluding tert-OH is 2. The lowest BCUT2D eigenvalue weighted by molar-refractivity contribution is 0.0139. The minimum Gasteiger partial charge on any atom is -0.493 e. The summed E-state index contributed by atoms with van der Waals surface area (Å²) < 4.78 is 10.1. The number of carbonyl (C=O) groups is 1. The molecule has 0 bridgehead atoms. The maximum atomic E-state index is 11.3. The van der Waals surface area contributed by atoms with E-state index in [0.717, 1.165) is 0 Å². The molecule has 0 heterocycles. The lowest BCUT2D eigenvalue weighted by Crippen LogP contribution is -2.21. The van der Waals surface area contributed by atoms with Gasteiger partial charge in [-0.05, 0) is 24.1 Å². The molecule has 0 amide bonds. The first-order valence-corrected chi connectivity index (χ1v) is 6.32. The van der Waals surface area contributed by atoms with Gasteiger partial charge in [0.25, 0.3) is 0 Å². The van der Waals surface area contributed by atoms with Gasteiger partial charge in [0.15, 0.2) is 11.5 Å². The molecule has 2 unspecified atom stereocenters. The molecule has 0 aromatic heterocycles. The van der Waals surface area contributed by atoms with E-state index in [1.165, 1.54) is 26.4 Å². The van der Waals surface area contributed by atoms with Crippen molar-refractivity contribution in [1.82, 2.24) is 0 Å². The van der Waals surface area contributed by atoms with Crippen LogP contribution in [0.4, 0.5) is 0 Å². The smallest absolute Gasteiger partial charge is 0.336 e. The molecule has 1 aromatic rings. The predicted octanol–water partition coefficient (Wildman–Crippen LogP) is 1.50. The van der Waals surface area contributed by atoms with Crippen LogP contribution in [0.2, 0.25) is 0 Å². The SMILES string of the molecule is COc1cc(C(=O)O)c(C(O)C(O)CCN=[N+]=[N-])cc1OC. The van der Waals surface area contributed by atoms with E-state index >= 15 is 0 Å². The van der Waals surface area contributed by atoms with Crippen molar-refractivity contribution in [3.8, 4) is 11.5 Å². The minimum atomic E-state index is -1.47. The van der Waals surface area contributed by atoms with Crippen molar-refractivity contribution < 1.29 is 29.6 Å². The highest BCUT2D eigenvalue weighted by Crippen LogP contribution is 2.34. The Morgan fingerprint density at radius 3 is 2.41 bits per heavy atom. The highest BCUT2D eigenvalue weighted by molar-refractivity contribution is 5.90. The van der Waals surface area contributed by atoms with Crippen LogP contribution < -0.4 is 9.47 Å². The number of aliphatic hydroxyl groups is 2. The molecule has 9 heteroatoms. The molecule has 0 saturated heterocycles. The first-order chi connectivity index (χ1) is 10.5. The number of aromatic carboxylic acids is 1. The highest BCUT2D eigenvalue weighted by atomic mass is 16.5. The van der Waals surface area contributed by atoms with Gasteiger partial charge in [-0.1, -0.05) is 5.11 Å². The maximum Gasteiger partial charge on any atom is 0.336 e. The Morgan fingerprint density at radius 1 is 1.32 bits per heavy atom. The number of nitrogens with zero attached hydrogens (tertiary/aromatic N) is 3. The van der Waals surface area contributed by atoms with E-state index in [4.69, 9.17) is 15.0 Å². The van der Waals surface area contributed by atoms with Gasteiger partial charge >= 0.3 is 5.97 Å². The van der Waals surface area contributed by atoms with Gasteiger partial charge in [0.1, 0.15) is 6.10 Å². The van der Waals surface area contributed by atoms with Gasteiger partial charge in [0.05, 0.1) is 25.9 Å². The molecular formula is C13H17N3O6. The fourth-order valence-corrected chi connectivity index (χ4v) is 1.92. The fraction of sp³-hybridized carbons (Fsp3) is 0.462. The van der Waals surface area contributed by atoms with Crippen LogP contribution in [0.1, 0.15) is 28.4 Å². The van der Waals surface area contributed by atoms with Crippen LogP contribution in [0.3, 0.4) is 0 Å². The Kier molecular flexibility index (Phi) is 6.46. The second kappa shape index (κ2) is 8.08. The standard InChI is InChI=1S/C13H17N3O6/c1-21-10-5-7(8(13(19)20)6-11(10)22-2)12(18)9(17)3-4-15-16-14/h5-6,9,12,17-18H,3-4H2,1-2H3,(H,19,20). The molecule has 0 fully saturated rings. The average Bonchev–Trinajstić information content (AvgIpc) is 2.52. The molecule has 0 aliphatic carbocycles. The van der Waals surface area contributed by atoms with Crippen molar-refractivity contribution in [3.63, 3.8) is 0 Å². The summed E-state index contributed by atoms with van der Waals surface area (Å²) in [4.78, 5) is 13.9. The summed E-state index contributed by atoms with van der Waals surface area (Å²) in [5.41, 5.74) is 7.95. The molecule has 9 nitrogen and oxygen atoms in total. The zero-order valence-electron chi connectivity index (χ0n) is 12.1. The number of azide groups is 1. The molecule has 22 heavy (non-hydrogen) atoms. The van der Waals surface area contributed by atoms with Crippen LogP contribution in [0.15, 0.2) is 17.2 Å². The van der Waals surface area contributed by atoms with Crippen molar-refractivity contribution >= 4 is 5.97 Å². The van der Waals surface area contributed by atoms with Crippen molar-refractivity contribution in [3.05, 3.63) is 33.7 Å². The Labute approximate surface area is 126 Å². The Bertz CT molecular complexity index is 585. The van der Waals surface area contributed by atoms with Gasteiger partial charge in [0, 0.05) is 17.0 Å². The summed E-state index contributed by atoms with van der Waals surface area (Å²) in [6.45, 7) is -0.0234. The monoisotopic (exact) mass is 311 g/mol. The number of benzene rings is 1. The van der Waals surface area contributed by atoms with E-state index in [2.05, 4.69) is 10.0 Å². The molecule has 120 valence electrons. The summed E-state index contributed by atoms with van der Waals surface area (Å²) in [5.74, 6) is -0.861. The summed E-state index contributed by atoms with van der Waals surface area (Å²) in [6, 6.07) is 2.50. The van der Waals surface area contributed by atoms with E-state index in [1.54, 1.807) is 0 Å². The second-order valence-electron chi connectivity index (χ2n) is 4.35. The number of carboxylic acids is 1. The predicted molar refractivity (Wildman–Crippen MR) is 76.1 cm³/mol. The highest BCUT2D eigenvalue weighted by Gasteiger charge is 2.26. The quantitative estimate of drug-likeness (QED) is 0.377. The number of hydrogen-bond donors (Lipinski definition) is 3. The molecule has 2 atom stereocenters. The Hall–Kier alpha value is -2.48. The Balaban J connectivity index is 3.19. The normalized spacial score (nSPS) is 12.9. The summed E-state index contributed by atoms with van der Waals surface area (Å²) in [6.07, 6.45) is -2.78. The van der Waals surface area contributed by atoms with Gasteiger partial charge in [-0.2, -0.15) is 0 Å². The van der Waals surface area contributed by atoms with Crippen molar-refractivity contribution in [2.75, 3.05) is 20.8 Å². The van der Waals surface area contributed by atoms with Gasteiger partial charge in [-0.25, -0.2) is 4.79 Å². The summed E-state index contributed by atoms with van der Waals surface area (Å²) in [7, 11) is 2.72. The summed E-state index contributed by atoms with van der Waals surface area (Å²) >= 11 is 0. The van der Waals surface area contributed by atoms with E-state index < -0.39 is 18.2 Å². The van der Waals surface area contributed by atoms with Gasteiger partial charge in [-0.3, -0.25) is 0 Å². The molecule has 1 aromatic carbocycles. The number of methoxy groups -OCH3 is 2. The van der Waals surface area contributed by atoms with Crippen LogP contribution in [0.5, 0.6) is 11.5 Å². The minimum absolute atomic E-state index is 0.0152. The molecule has 0 aliphatic rings. The molecule has 0 aliphatic heterocycles. The second-order valence-corrected chi connectivity index (χ2v) is 4.35. The largest absolute Gasteiger partial charge is 0.493 e. The third kappa shape index (κ3) is 4.01. The third-order valence-corrected chi connectivity index (χ3v) is 3.06. The third-order valence-electron chi connectivity index (χ3n) is 3.06. The number of ether oxygens (including phenoxy) is 2. The first kappa shape index (κ1) is 17.6. The van der Waals surface area contributed by atoms with Crippen molar-refractivity contribution in [2.45, 2.75) is 18.6 Å². The fourth-order valence-electron chi connectivity index (χ4n) is 1.92. The lowest BCUT2D eigenvalue weighted by Gasteiger charge is -2.21. The van der Waals surface area contributed by atoms with Crippen molar-refractivity contribution in [2.24, 2.45) is 5.11 Å². The average molecular weight is 311 g/mol. The van der Waals surface area contributed by atoms with E-state index in [0.29, 0.717) is 0 Å². The number of hydrogen-bond acceptors (Lipinski definition) is 6. The van der Waals surface area contributed by atoms with Crippen LogP contribution in [0.25, 0.3) is 10.4 Å². The van der Waals surface area contributed by atoms with Crippen LogP contribution in [-0.2, 0) is 0 Å². The molecule has 0 spiro atoms. The number of carboxylic acid groups (broad SMARTS) is 1. The molecule has 3 N–H and O–H groups in total. The first-order valence-electron chi connectivity index (χ1n) is 6.32. The summed E-state index contributed by atoms with van der Waals surface area (Å²) in [5, 5.41) is 32.5. The lowest BCUT2D eigenvalue weighted by atomic mass is 9.96. The van der Waals surface area contributed by atoms with Gasteiger partial charge < -0.3 is 24.8 Å². The van der Waals surface area contributed by atoms with Gasteiger partial charge in [0.2, 0.25) is 0 Å². The maximum absolute atomic E-state index is 11.3. The van der Waals surface area contributed by atoms with Gasteiger partial charge in [-0.15, -0.1) is 0 Å². The topological polar surface area (TPSA) is 145 Å². The van der Waals surface area contributed by atoms with E-state index in [9.17, 15) is 20.1 Å². The number of rotatable bonds is 8. The molecular weight excluding hydrogens is 294 g/mol. The van der Waals surface area contributed by atoms with E-state index in [-0.39, 0.29) is 35.6 Å². The molecule has 0 radical (unpaired) electrons.